The molecule has 0 unspecified atom stereocenters. The number of hydrazine groups is 1. The smallest absolute Gasteiger partial charge is 0.273 e. The number of hydrogen-bond acceptors (Lipinski definition) is 3. The van der Waals surface area contributed by atoms with Crippen LogP contribution in [-0.2, 0) is 0 Å². The molecule has 4 aromatic rings. The zero-order valence-electron chi connectivity index (χ0n) is 14.5. The van der Waals surface area contributed by atoms with E-state index in [0.29, 0.717) is 11.3 Å². The van der Waals surface area contributed by atoms with Crippen molar-refractivity contribution >= 4 is 11.6 Å². The molecule has 0 saturated heterocycles. The molecule has 1 aromatic heterocycles. The molecule has 0 aliphatic rings. The van der Waals surface area contributed by atoms with Crippen LogP contribution in [0.4, 0.5) is 5.69 Å². The quantitative estimate of drug-likeness (QED) is 0.526. The average molecular weight is 354 g/mol. The summed E-state index contributed by atoms with van der Waals surface area (Å²) in [7, 11) is 0. The fraction of sp³-hybridized carbons (Fsp3) is 0. The number of aromatic nitrogens is 2. The lowest BCUT2D eigenvalue weighted by molar-refractivity contribution is 0.0963. The highest BCUT2D eigenvalue weighted by Gasteiger charge is 2.18. The number of hydrogen-bond donors (Lipinski definition) is 2. The second-order valence-corrected chi connectivity index (χ2v) is 5.98. The minimum absolute atomic E-state index is 0.250. The Kier molecular flexibility index (Phi) is 4.66. The highest BCUT2D eigenvalue weighted by molar-refractivity contribution is 6.00. The molecule has 0 saturated carbocycles. The van der Waals surface area contributed by atoms with Crippen LogP contribution in [0.2, 0.25) is 0 Å². The van der Waals surface area contributed by atoms with Crippen molar-refractivity contribution in [1.29, 1.82) is 0 Å². The molecular weight excluding hydrogens is 336 g/mol. The minimum atomic E-state index is -0.250. The third-order valence-corrected chi connectivity index (χ3v) is 4.12. The van der Waals surface area contributed by atoms with Crippen LogP contribution < -0.4 is 10.9 Å². The highest BCUT2D eigenvalue weighted by Crippen LogP contribution is 2.23. The Balaban J connectivity index is 1.67. The molecule has 0 radical (unpaired) electrons. The Morgan fingerprint density at radius 3 is 2.04 bits per heavy atom. The Hall–Kier alpha value is -3.86. The molecule has 0 aliphatic heterocycles. The maximum Gasteiger partial charge on any atom is 0.273 e. The zero-order chi connectivity index (χ0) is 18.5. The number of anilines is 1. The maximum absolute atomic E-state index is 12.8. The lowest BCUT2D eigenvalue weighted by Crippen LogP contribution is -2.29. The topological polar surface area (TPSA) is 59.0 Å². The largest absolute Gasteiger partial charge is 0.298 e. The van der Waals surface area contributed by atoms with Crippen LogP contribution in [0.15, 0.2) is 97.2 Å². The molecule has 0 aliphatic carbocycles. The van der Waals surface area contributed by atoms with E-state index < -0.39 is 0 Å². The highest BCUT2D eigenvalue weighted by atomic mass is 16.2. The van der Waals surface area contributed by atoms with Gasteiger partial charge in [-0.3, -0.25) is 15.6 Å². The number of benzene rings is 3. The van der Waals surface area contributed by atoms with Crippen LogP contribution in [0.1, 0.15) is 10.4 Å². The lowest BCUT2D eigenvalue weighted by atomic mass is 10.1. The molecule has 0 spiro atoms. The van der Waals surface area contributed by atoms with Gasteiger partial charge in [-0.05, 0) is 24.3 Å². The van der Waals surface area contributed by atoms with E-state index in [1.165, 1.54) is 0 Å². The van der Waals surface area contributed by atoms with E-state index in [4.69, 9.17) is 0 Å². The van der Waals surface area contributed by atoms with E-state index in [1.54, 1.807) is 10.9 Å². The van der Waals surface area contributed by atoms with Gasteiger partial charge in [0, 0.05) is 11.8 Å². The van der Waals surface area contributed by atoms with Crippen LogP contribution in [0.5, 0.6) is 0 Å². The van der Waals surface area contributed by atoms with E-state index in [0.717, 1.165) is 16.9 Å². The molecule has 3 aromatic carbocycles. The summed E-state index contributed by atoms with van der Waals surface area (Å²) in [5, 5.41) is 4.65. The average Bonchev–Trinajstić information content (AvgIpc) is 3.20. The van der Waals surface area contributed by atoms with Crippen molar-refractivity contribution in [3.63, 3.8) is 0 Å². The van der Waals surface area contributed by atoms with Gasteiger partial charge in [0.1, 0.15) is 5.69 Å². The summed E-state index contributed by atoms with van der Waals surface area (Å²) in [5.74, 6) is -0.250. The van der Waals surface area contributed by atoms with Gasteiger partial charge in [-0.25, -0.2) is 4.68 Å². The van der Waals surface area contributed by atoms with E-state index >= 15 is 0 Å². The molecule has 1 heterocycles. The van der Waals surface area contributed by atoms with Crippen molar-refractivity contribution in [2.24, 2.45) is 0 Å². The molecular formula is C22H18N4O. The first-order chi connectivity index (χ1) is 13.3. The molecule has 0 atom stereocenters. The molecule has 27 heavy (non-hydrogen) atoms. The van der Waals surface area contributed by atoms with Crippen molar-refractivity contribution in [3.05, 3.63) is 103 Å². The van der Waals surface area contributed by atoms with Gasteiger partial charge in [-0.1, -0.05) is 66.7 Å². The van der Waals surface area contributed by atoms with Crippen LogP contribution in [0, 0.1) is 0 Å². The summed E-state index contributed by atoms with van der Waals surface area (Å²) in [6.45, 7) is 0. The second kappa shape index (κ2) is 7.58. The van der Waals surface area contributed by atoms with Crippen molar-refractivity contribution in [2.45, 2.75) is 0 Å². The van der Waals surface area contributed by atoms with Crippen LogP contribution >= 0.6 is 0 Å². The first-order valence-electron chi connectivity index (χ1n) is 8.63. The van der Waals surface area contributed by atoms with Crippen LogP contribution in [0.3, 0.4) is 0 Å². The molecule has 0 bridgehead atoms. The van der Waals surface area contributed by atoms with Crippen LogP contribution in [0.25, 0.3) is 16.9 Å². The predicted molar refractivity (Wildman–Crippen MR) is 107 cm³/mol. The van der Waals surface area contributed by atoms with Crippen molar-refractivity contribution in [1.82, 2.24) is 15.2 Å². The Labute approximate surface area is 157 Å². The summed E-state index contributed by atoms with van der Waals surface area (Å²) < 4.78 is 1.72. The Morgan fingerprint density at radius 2 is 1.37 bits per heavy atom. The fourth-order valence-corrected chi connectivity index (χ4v) is 2.78. The predicted octanol–water partition coefficient (Wildman–Crippen LogP) is 4.30. The molecule has 4 rings (SSSR count). The zero-order valence-corrected chi connectivity index (χ0v) is 14.5. The van der Waals surface area contributed by atoms with Crippen LogP contribution in [-0.4, -0.2) is 15.7 Å². The molecule has 1 amide bonds. The van der Waals surface area contributed by atoms with Gasteiger partial charge < -0.3 is 0 Å². The number of rotatable bonds is 5. The number of carbonyl (C=O) groups is 1. The number of carbonyl (C=O) groups excluding carboxylic acids is 1. The number of para-hydroxylation sites is 2. The summed E-state index contributed by atoms with van der Waals surface area (Å²) in [4.78, 5) is 12.8. The van der Waals surface area contributed by atoms with Crippen molar-refractivity contribution in [3.8, 4) is 16.9 Å². The normalized spacial score (nSPS) is 10.4. The maximum atomic E-state index is 12.8. The molecule has 0 fully saturated rings. The summed E-state index contributed by atoms with van der Waals surface area (Å²) in [6.07, 6.45) is 1.75. The summed E-state index contributed by atoms with van der Waals surface area (Å²) in [5.41, 5.74) is 9.39. The van der Waals surface area contributed by atoms with Gasteiger partial charge in [-0.2, -0.15) is 5.10 Å². The SMILES string of the molecule is O=C(NNc1ccccc1)c1cn(-c2ccccc2)nc1-c1ccccc1. The fourth-order valence-electron chi connectivity index (χ4n) is 2.78. The van der Waals surface area contributed by atoms with Gasteiger partial charge in [0.05, 0.1) is 16.9 Å². The van der Waals surface area contributed by atoms with Gasteiger partial charge in [-0.15, -0.1) is 0 Å². The van der Waals surface area contributed by atoms with E-state index in [1.807, 2.05) is 91.0 Å². The number of nitrogens with zero attached hydrogens (tertiary/aromatic N) is 2. The van der Waals surface area contributed by atoms with E-state index in [2.05, 4.69) is 16.0 Å². The molecule has 132 valence electrons. The molecule has 5 heteroatoms. The molecule has 5 nitrogen and oxygen atoms in total. The second-order valence-electron chi connectivity index (χ2n) is 5.98. The number of nitrogens with one attached hydrogen (secondary N) is 2. The van der Waals surface area contributed by atoms with Gasteiger partial charge >= 0.3 is 0 Å². The summed E-state index contributed by atoms with van der Waals surface area (Å²) in [6, 6.07) is 28.9. The monoisotopic (exact) mass is 354 g/mol. The molecule has 2 N–H and O–H groups in total. The van der Waals surface area contributed by atoms with E-state index in [9.17, 15) is 4.79 Å². The lowest BCUT2D eigenvalue weighted by Gasteiger charge is -2.08. The van der Waals surface area contributed by atoms with Gasteiger partial charge in [0.25, 0.3) is 5.91 Å². The standard InChI is InChI=1S/C22H18N4O/c27-22(24-23-18-12-6-2-7-13-18)20-16-26(19-14-8-3-9-15-19)25-21(20)17-10-4-1-5-11-17/h1-16,23H,(H,24,27). The third kappa shape index (κ3) is 3.72. The van der Waals surface area contributed by atoms with E-state index in [-0.39, 0.29) is 5.91 Å². The Morgan fingerprint density at radius 1 is 0.778 bits per heavy atom. The van der Waals surface area contributed by atoms with Crippen molar-refractivity contribution in [2.75, 3.05) is 5.43 Å². The minimum Gasteiger partial charge on any atom is -0.298 e. The first-order valence-corrected chi connectivity index (χ1v) is 8.63. The summed E-state index contributed by atoms with van der Waals surface area (Å²) >= 11 is 0. The number of amides is 1. The van der Waals surface area contributed by atoms with Gasteiger partial charge in [0.2, 0.25) is 0 Å². The van der Waals surface area contributed by atoms with Gasteiger partial charge in [0.15, 0.2) is 0 Å². The van der Waals surface area contributed by atoms with Crippen molar-refractivity contribution < 1.29 is 4.79 Å². The third-order valence-electron chi connectivity index (χ3n) is 4.12. The first kappa shape index (κ1) is 16.6. The Bertz CT molecular complexity index is 1030.